The van der Waals surface area contributed by atoms with Gasteiger partial charge in [0.1, 0.15) is 13.2 Å². The summed E-state index contributed by atoms with van der Waals surface area (Å²) in [6.45, 7) is 7.66. The Hall–Kier alpha value is -1.42. The number of ether oxygens (including phenoxy) is 2. The van der Waals surface area contributed by atoms with E-state index in [4.69, 9.17) is 21.1 Å². The second-order valence-corrected chi connectivity index (χ2v) is 7.41. The molecule has 1 aromatic rings. The smallest absolute Gasteiger partial charge is 0.239 e. The second-order valence-electron chi connectivity index (χ2n) is 7.00. The van der Waals surface area contributed by atoms with Gasteiger partial charge in [-0.25, -0.2) is 0 Å². The van der Waals surface area contributed by atoms with Gasteiger partial charge in [-0.05, 0) is 44.9 Å². The highest BCUT2D eigenvalue weighted by Gasteiger charge is 2.17. The predicted molar refractivity (Wildman–Crippen MR) is 119 cm³/mol. The monoisotopic (exact) mass is 510 g/mol. The minimum Gasteiger partial charge on any atom is -0.486 e. The van der Waals surface area contributed by atoms with E-state index in [-0.39, 0.29) is 42.0 Å². The summed E-state index contributed by atoms with van der Waals surface area (Å²) >= 11 is 6.25. The van der Waals surface area contributed by atoms with E-state index in [0.29, 0.717) is 42.2 Å². The topological polar surface area (TPSA) is 84.0 Å². The van der Waals surface area contributed by atoms with Crippen molar-refractivity contribution >= 4 is 47.4 Å². The van der Waals surface area contributed by atoms with Crippen molar-refractivity contribution in [3.63, 3.8) is 0 Å². The maximum Gasteiger partial charge on any atom is 0.239 e. The number of halogens is 2. The van der Waals surface area contributed by atoms with Gasteiger partial charge in [0.25, 0.3) is 0 Å². The van der Waals surface area contributed by atoms with Crippen LogP contribution in [0.4, 0.5) is 0 Å². The highest BCUT2D eigenvalue weighted by molar-refractivity contribution is 14.0. The summed E-state index contributed by atoms with van der Waals surface area (Å²) in [4.78, 5) is 16.0. The summed E-state index contributed by atoms with van der Waals surface area (Å²) in [5.74, 6) is 1.77. The van der Waals surface area contributed by atoms with E-state index >= 15 is 0 Å². The van der Waals surface area contributed by atoms with Gasteiger partial charge in [0.2, 0.25) is 5.91 Å². The Labute approximate surface area is 182 Å². The Morgan fingerprint density at radius 1 is 1.22 bits per heavy atom. The molecule has 1 aromatic carbocycles. The Kier molecular flexibility index (Phi) is 9.44. The minimum atomic E-state index is -0.257. The van der Waals surface area contributed by atoms with Gasteiger partial charge >= 0.3 is 0 Å². The average Bonchev–Trinajstić information content (AvgIpc) is 2.56. The zero-order valence-electron chi connectivity index (χ0n) is 16.1. The van der Waals surface area contributed by atoms with Gasteiger partial charge in [-0.1, -0.05) is 11.6 Å². The quantitative estimate of drug-likeness (QED) is 0.322. The first kappa shape index (κ1) is 23.6. The largest absolute Gasteiger partial charge is 0.486 e. The number of nitrogens with zero attached hydrogens (tertiary/aromatic N) is 1. The summed E-state index contributed by atoms with van der Waals surface area (Å²) in [5, 5.41) is 9.62. The molecule has 1 aliphatic rings. The summed E-state index contributed by atoms with van der Waals surface area (Å²) < 4.78 is 11.1. The molecule has 9 heteroatoms. The molecule has 0 radical (unpaired) electrons. The molecule has 0 saturated heterocycles. The molecule has 0 aromatic heterocycles. The number of guanidine groups is 1. The van der Waals surface area contributed by atoms with Crippen LogP contribution >= 0.6 is 35.6 Å². The molecule has 0 saturated carbocycles. The average molecular weight is 511 g/mol. The van der Waals surface area contributed by atoms with E-state index in [1.165, 1.54) is 0 Å². The normalized spacial score (nSPS) is 13.4. The van der Waals surface area contributed by atoms with Gasteiger partial charge in [0.05, 0.1) is 11.6 Å². The third-order valence-electron chi connectivity index (χ3n) is 3.52. The molecule has 152 valence electrons. The molecule has 1 amide bonds. The molecule has 2 rings (SSSR count). The molecule has 0 atom stereocenters. The first-order chi connectivity index (χ1) is 12.3. The summed E-state index contributed by atoms with van der Waals surface area (Å²) in [6, 6.07) is 3.82. The maximum absolute atomic E-state index is 11.9. The molecule has 0 unspecified atom stereocenters. The van der Waals surface area contributed by atoms with Crippen molar-refractivity contribution in [2.45, 2.75) is 32.7 Å². The van der Waals surface area contributed by atoms with E-state index in [0.717, 1.165) is 12.0 Å². The van der Waals surface area contributed by atoms with Gasteiger partial charge in [0, 0.05) is 19.1 Å². The lowest BCUT2D eigenvalue weighted by atomic mass is 10.1. The second kappa shape index (κ2) is 10.8. The van der Waals surface area contributed by atoms with Crippen molar-refractivity contribution in [3.8, 4) is 11.5 Å². The lowest BCUT2D eigenvalue weighted by Crippen LogP contribution is -2.48. The number of amides is 1. The number of fused-ring (bicyclic) bond motifs is 1. The SMILES string of the molecule is CN=C(NCCc1cc(Cl)c2c(c1)OCCO2)NCC(=O)NC(C)(C)C.I. The lowest BCUT2D eigenvalue weighted by molar-refractivity contribution is -0.121. The predicted octanol–water partition coefficient (Wildman–Crippen LogP) is 2.35. The van der Waals surface area contributed by atoms with E-state index in [1.807, 2.05) is 32.9 Å². The molecule has 7 nitrogen and oxygen atoms in total. The Bertz CT molecular complexity index is 677. The molecule has 0 fully saturated rings. The van der Waals surface area contributed by atoms with Crippen LogP contribution in [0.25, 0.3) is 0 Å². The zero-order chi connectivity index (χ0) is 19.2. The van der Waals surface area contributed by atoms with Crippen LogP contribution in [-0.2, 0) is 11.2 Å². The zero-order valence-corrected chi connectivity index (χ0v) is 19.2. The number of hydrogen-bond acceptors (Lipinski definition) is 4. The maximum atomic E-state index is 11.9. The van der Waals surface area contributed by atoms with Crippen molar-refractivity contribution in [2.24, 2.45) is 4.99 Å². The van der Waals surface area contributed by atoms with E-state index in [1.54, 1.807) is 7.05 Å². The number of nitrogens with one attached hydrogen (secondary N) is 3. The van der Waals surface area contributed by atoms with Crippen LogP contribution in [0.2, 0.25) is 5.02 Å². The fraction of sp³-hybridized carbons (Fsp3) is 0.556. The molecular weight excluding hydrogens is 483 g/mol. The highest BCUT2D eigenvalue weighted by Crippen LogP contribution is 2.38. The first-order valence-electron chi connectivity index (χ1n) is 8.62. The molecule has 1 heterocycles. The molecule has 0 aliphatic carbocycles. The van der Waals surface area contributed by atoms with Crippen molar-refractivity contribution in [1.29, 1.82) is 0 Å². The van der Waals surface area contributed by atoms with Crippen molar-refractivity contribution in [3.05, 3.63) is 22.7 Å². The standard InChI is InChI=1S/C18H27ClN4O3.HI/c1-18(2,3)23-15(24)11-22-17(20-4)21-6-5-12-9-13(19)16-14(10-12)25-7-8-26-16;/h9-10H,5-8,11H2,1-4H3,(H,23,24)(H2,20,21,22);1H. The number of aliphatic imine (C=N–C) groups is 1. The Morgan fingerprint density at radius 3 is 2.59 bits per heavy atom. The van der Waals surface area contributed by atoms with E-state index < -0.39 is 0 Å². The van der Waals surface area contributed by atoms with E-state index in [2.05, 4.69) is 20.9 Å². The van der Waals surface area contributed by atoms with Crippen LogP contribution in [0.5, 0.6) is 11.5 Å². The molecule has 3 N–H and O–H groups in total. The number of hydrogen-bond donors (Lipinski definition) is 3. The Morgan fingerprint density at radius 2 is 1.93 bits per heavy atom. The highest BCUT2D eigenvalue weighted by atomic mass is 127. The number of carbonyl (C=O) groups excluding carboxylic acids is 1. The fourth-order valence-corrected chi connectivity index (χ4v) is 2.77. The van der Waals surface area contributed by atoms with Gasteiger partial charge in [-0.15, -0.1) is 24.0 Å². The van der Waals surface area contributed by atoms with Crippen LogP contribution in [0.15, 0.2) is 17.1 Å². The summed E-state index contributed by atoms with van der Waals surface area (Å²) in [6.07, 6.45) is 0.727. The molecular formula is C18H28ClIN4O3. The summed E-state index contributed by atoms with van der Waals surface area (Å²) in [5.41, 5.74) is 0.778. The fourth-order valence-electron chi connectivity index (χ4n) is 2.48. The Balaban J connectivity index is 0.00000364. The van der Waals surface area contributed by atoms with Crippen LogP contribution < -0.4 is 25.4 Å². The molecule has 27 heavy (non-hydrogen) atoms. The van der Waals surface area contributed by atoms with Crippen LogP contribution in [0, 0.1) is 0 Å². The van der Waals surface area contributed by atoms with Gasteiger partial charge < -0.3 is 25.4 Å². The van der Waals surface area contributed by atoms with Crippen LogP contribution in [-0.4, -0.2) is 50.8 Å². The number of benzene rings is 1. The van der Waals surface area contributed by atoms with Crippen molar-refractivity contribution in [2.75, 3.05) is 33.4 Å². The lowest BCUT2D eigenvalue weighted by Gasteiger charge is -2.21. The molecule has 1 aliphatic heterocycles. The first-order valence-corrected chi connectivity index (χ1v) is 9.00. The van der Waals surface area contributed by atoms with Crippen molar-refractivity contribution in [1.82, 2.24) is 16.0 Å². The van der Waals surface area contributed by atoms with Crippen LogP contribution in [0.3, 0.4) is 0 Å². The minimum absolute atomic E-state index is 0. The van der Waals surface area contributed by atoms with E-state index in [9.17, 15) is 4.79 Å². The third-order valence-corrected chi connectivity index (χ3v) is 3.80. The summed E-state index contributed by atoms with van der Waals surface area (Å²) in [7, 11) is 1.66. The number of carbonyl (C=O) groups is 1. The van der Waals surface area contributed by atoms with Crippen LogP contribution in [0.1, 0.15) is 26.3 Å². The van der Waals surface area contributed by atoms with Gasteiger partial charge in [0.15, 0.2) is 17.5 Å². The third kappa shape index (κ3) is 8.00. The van der Waals surface area contributed by atoms with Gasteiger partial charge in [-0.3, -0.25) is 9.79 Å². The molecule has 0 spiro atoms. The van der Waals surface area contributed by atoms with Gasteiger partial charge in [-0.2, -0.15) is 0 Å². The van der Waals surface area contributed by atoms with Crippen molar-refractivity contribution < 1.29 is 14.3 Å². The number of rotatable bonds is 5. The molecule has 0 bridgehead atoms.